The van der Waals surface area contributed by atoms with Gasteiger partial charge in [-0.15, -0.1) is 0 Å². The second-order valence-electron chi connectivity index (χ2n) is 9.16. The molecule has 0 N–H and O–H groups in total. The van der Waals surface area contributed by atoms with Gasteiger partial charge in [0.1, 0.15) is 10.6 Å². The van der Waals surface area contributed by atoms with Gasteiger partial charge in [-0.25, -0.2) is 8.42 Å². The van der Waals surface area contributed by atoms with Crippen LogP contribution >= 0.6 is 0 Å². The van der Waals surface area contributed by atoms with Crippen LogP contribution in [0, 0.1) is 39.5 Å². The van der Waals surface area contributed by atoms with E-state index in [0.29, 0.717) is 25.3 Å². The fraction of sp³-hybridized carbons (Fsp3) is 0.565. The minimum Gasteiger partial charge on any atom is -0.368 e. The molecule has 0 radical (unpaired) electrons. The van der Waals surface area contributed by atoms with Gasteiger partial charge < -0.3 is 14.3 Å². The van der Waals surface area contributed by atoms with E-state index < -0.39 is 10.0 Å². The van der Waals surface area contributed by atoms with Crippen molar-refractivity contribution < 1.29 is 17.7 Å². The lowest BCUT2D eigenvalue weighted by atomic mass is 9.96. The van der Waals surface area contributed by atoms with Gasteiger partial charge in [-0.05, 0) is 50.8 Å². The zero-order valence-corrected chi connectivity index (χ0v) is 20.3. The molecule has 1 amide bonds. The molecule has 2 aromatic rings. The molecule has 0 spiro atoms. The summed E-state index contributed by atoms with van der Waals surface area (Å²) >= 11 is 0. The van der Waals surface area contributed by atoms with Gasteiger partial charge in [-0.1, -0.05) is 24.2 Å². The molecule has 4 rings (SSSR count). The van der Waals surface area contributed by atoms with Crippen LogP contribution in [0.4, 0.5) is 5.69 Å². The molecule has 0 saturated carbocycles. The molecule has 1 aromatic heterocycles. The Morgan fingerprint density at radius 3 is 2.38 bits per heavy atom. The van der Waals surface area contributed by atoms with Crippen LogP contribution in [-0.4, -0.2) is 68.0 Å². The second-order valence-corrected chi connectivity index (χ2v) is 11.0. The van der Waals surface area contributed by atoms with Gasteiger partial charge >= 0.3 is 0 Å². The number of hydrogen-bond acceptors (Lipinski definition) is 6. The molecule has 8 nitrogen and oxygen atoms in total. The highest BCUT2D eigenvalue weighted by Gasteiger charge is 2.44. The molecule has 3 heterocycles. The smallest absolute Gasteiger partial charge is 0.248 e. The molecule has 1 aromatic carbocycles. The zero-order chi connectivity index (χ0) is 23.2. The van der Waals surface area contributed by atoms with Crippen LogP contribution in [0.3, 0.4) is 0 Å². The van der Waals surface area contributed by atoms with Crippen molar-refractivity contribution in [2.45, 2.75) is 39.5 Å². The first-order valence-corrected chi connectivity index (χ1v) is 12.6. The first kappa shape index (κ1) is 22.8. The summed E-state index contributed by atoms with van der Waals surface area (Å²) in [5, 5.41) is 3.78. The molecule has 174 valence electrons. The number of hydrogen-bond donors (Lipinski definition) is 0. The number of rotatable bonds is 4. The van der Waals surface area contributed by atoms with Crippen LogP contribution in [0.2, 0.25) is 0 Å². The minimum absolute atomic E-state index is 0.0465. The van der Waals surface area contributed by atoms with E-state index in [1.807, 2.05) is 11.8 Å². The fourth-order valence-electron chi connectivity index (χ4n) is 4.87. The molecule has 2 fully saturated rings. The van der Waals surface area contributed by atoms with E-state index in [-0.39, 0.29) is 34.9 Å². The average Bonchev–Trinajstić information content (AvgIpc) is 3.32. The first-order valence-electron chi connectivity index (χ1n) is 11.1. The Kier molecular flexibility index (Phi) is 6.06. The molecule has 2 aliphatic heterocycles. The summed E-state index contributed by atoms with van der Waals surface area (Å²) in [6, 6.07) is 6.45. The molecule has 2 atom stereocenters. The zero-order valence-electron chi connectivity index (χ0n) is 19.5. The number of nitrogens with zero attached hydrogens (tertiary/aromatic N) is 4. The number of carbonyl (C=O) groups excluding carboxylic acids is 1. The molecule has 0 bridgehead atoms. The third-order valence-electron chi connectivity index (χ3n) is 6.76. The van der Waals surface area contributed by atoms with E-state index in [2.05, 4.69) is 42.1 Å². The van der Waals surface area contributed by atoms with Crippen LogP contribution in [0.15, 0.2) is 27.6 Å². The van der Waals surface area contributed by atoms with Crippen LogP contribution < -0.4 is 4.90 Å². The van der Waals surface area contributed by atoms with Gasteiger partial charge in [-0.3, -0.25) is 4.79 Å². The summed E-state index contributed by atoms with van der Waals surface area (Å²) in [6.07, 6.45) is 0. The summed E-state index contributed by atoms with van der Waals surface area (Å²) < 4.78 is 32.8. The van der Waals surface area contributed by atoms with Crippen LogP contribution in [-0.2, 0) is 14.8 Å². The maximum Gasteiger partial charge on any atom is 0.248 e. The summed E-state index contributed by atoms with van der Waals surface area (Å²) in [5.74, 6) is -0.0469. The summed E-state index contributed by atoms with van der Waals surface area (Å²) in [5.41, 5.74) is 4.04. The van der Waals surface area contributed by atoms with E-state index in [1.165, 1.54) is 21.1 Å². The Morgan fingerprint density at radius 2 is 1.75 bits per heavy atom. The van der Waals surface area contributed by atoms with E-state index in [9.17, 15) is 13.2 Å². The number of sulfonamides is 1. The number of aryl methyl sites for hydroxylation is 4. The Bertz CT molecular complexity index is 1100. The van der Waals surface area contributed by atoms with E-state index in [1.54, 1.807) is 13.8 Å². The number of aromatic nitrogens is 1. The molecular weight excluding hydrogens is 428 g/mol. The van der Waals surface area contributed by atoms with Crippen molar-refractivity contribution in [2.24, 2.45) is 11.8 Å². The first-order chi connectivity index (χ1) is 15.1. The Hall–Kier alpha value is -2.39. The molecular formula is C23H32N4O4S. The summed E-state index contributed by atoms with van der Waals surface area (Å²) in [6.45, 7) is 12.7. The van der Waals surface area contributed by atoms with Crippen LogP contribution in [0.25, 0.3) is 0 Å². The lowest BCUT2D eigenvalue weighted by Gasteiger charge is -2.38. The molecule has 2 saturated heterocycles. The third-order valence-corrected chi connectivity index (χ3v) is 8.84. The highest BCUT2D eigenvalue weighted by molar-refractivity contribution is 7.89. The van der Waals surface area contributed by atoms with Crippen molar-refractivity contribution in [3.63, 3.8) is 0 Å². The second kappa shape index (κ2) is 8.51. The number of anilines is 1. The normalized spacial score (nSPS) is 22.5. The number of amides is 1. The van der Waals surface area contributed by atoms with E-state index >= 15 is 0 Å². The maximum absolute atomic E-state index is 13.3. The van der Waals surface area contributed by atoms with Gasteiger partial charge in [-0.2, -0.15) is 4.31 Å². The maximum atomic E-state index is 13.3. The number of carbonyl (C=O) groups is 1. The lowest BCUT2D eigenvalue weighted by Crippen LogP contribution is -2.51. The van der Waals surface area contributed by atoms with Gasteiger partial charge in [0.2, 0.25) is 15.9 Å². The molecule has 32 heavy (non-hydrogen) atoms. The molecule has 9 heteroatoms. The van der Waals surface area contributed by atoms with E-state index in [4.69, 9.17) is 4.52 Å². The number of benzene rings is 1. The van der Waals surface area contributed by atoms with E-state index in [0.717, 1.165) is 13.1 Å². The standard InChI is InChI=1S/C23H32N4O4S/c1-15-6-7-16(2)21(12-15)25-8-10-26(11-9-25)23(28)20-14-27(13-17(20)3)32(29,30)22-18(4)24-31-19(22)5/h6-7,12,17,20H,8-11,13-14H2,1-5H3/t17-,20-/m1/s1. The van der Waals surface area contributed by atoms with Gasteiger partial charge in [0.05, 0.1) is 5.92 Å². The monoisotopic (exact) mass is 460 g/mol. The molecule has 0 aliphatic carbocycles. The van der Waals surface area contributed by atoms with Crippen molar-refractivity contribution in [1.29, 1.82) is 0 Å². The largest absolute Gasteiger partial charge is 0.368 e. The number of piperazine rings is 1. The Balaban J connectivity index is 1.43. The third kappa shape index (κ3) is 4.03. The Labute approximate surface area is 190 Å². The van der Waals surface area contributed by atoms with Gasteiger partial charge in [0.25, 0.3) is 0 Å². The van der Waals surface area contributed by atoms with Crippen molar-refractivity contribution >= 4 is 21.6 Å². The fourth-order valence-corrected chi connectivity index (χ4v) is 6.73. The SMILES string of the molecule is Cc1ccc(C)c(N2CCN(C(=O)[C@@H]3CN(S(=O)(=O)c4c(C)noc4C)C[C@H]3C)CC2)c1. The Morgan fingerprint density at radius 1 is 1.06 bits per heavy atom. The van der Waals surface area contributed by atoms with Crippen molar-refractivity contribution in [3.8, 4) is 0 Å². The topological polar surface area (TPSA) is 87.0 Å². The van der Waals surface area contributed by atoms with Crippen LogP contribution in [0.5, 0.6) is 0 Å². The lowest BCUT2D eigenvalue weighted by molar-refractivity contribution is -0.136. The van der Waals surface area contributed by atoms with Crippen molar-refractivity contribution in [2.75, 3.05) is 44.2 Å². The molecule has 2 aliphatic rings. The predicted octanol–water partition coefficient (Wildman–Crippen LogP) is 2.51. The highest BCUT2D eigenvalue weighted by Crippen LogP contribution is 2.32. The van der Waals surface area contributed by atoms with Crippen LogP contribution in [0.1, 0.15) is 29.5 Å². The van der Waals surface area contributed by atoms with Gasteiger partial charge in [0, 0.05) is 45.0 Å². The average molecular weight is 461 g/mol. The predicted molar refractivity (Wildman–Crippen MR) is 122 cm³/mol. The minimum atomic E-state index is -3.74. The van der Waals surface area contributed by atoms with Crippen molar-refractivity contribution in [3.05, 3.63) is 40.8 Å². The molecule has 0 unspecified atom stereocenters. The van der Waals surface area contributed by atoms with Gasteiger partial charge in [0.15, 0.2) is 5.76 Å². The van der Waals surface area contributed by atoms with Crippen molar-refractivity contribution in [1.82, 2.24) is 14.4 Å². The highest BCUT2D eigenvalue weighted by atomic mass is 32.2. The summed E-state index contributed by atoms with van der Waals surface area (Å²) in [4.78, 5) is 17.7. The quantitative estimate of drug-likeness (QED) is 0.697. The summed E-state index contributed by atoms with van der Waals surface area (Å²) in [7, 11) is -3.74.